The van der Waals surface area contributed by atoms with Crippen molar-refractivity contribution in [1.82, 2.24) is 25.2 Å². The van der Waals surface area contributed by atoms with Crippen molar-refractivity contribution in [3.63, 3.8) is 0 Å². The van der Waals surface area contributed by atoms with Crippen LogP contribution in [0, 0.1) is 0 Å². The topological polar surface area (TPSA) is 125 Å². The first-order valence-electron chi connectivity index (χ1n) is 11.3. The number of hydrogen-bond acceptors (Lipinski definition) is 8. The van der Waals surface area contributed by atoms with Crippen molar-refractivity contribution in [3.05, 3.63) is 47.8 Å². The van der Waals surface area contributed by atoms with Gasteiger partial charge in [0.05, 0.1) is 19.4 Å². The maximum atomic E-state index is 12.0. The van der Waals surface area contributed by atoms with Gasteiger partial charge in [-0.3, -0.25) is 10.1 Å². The summed E-state index contributed by atoms with van der Waals surface area (Å²) in [6.07, 6.45) is 5.43. The molecule has 3 aliphatic rings. The number of fused-ring (bicyclic) bond motifs is 1. The first kappa shape index (κ1) is 20.5. The van der Waals surface area contributed by atoms with E-state index in [2.05, 4.69) is 43.4 Å². The lowest BCUT2D eigenvalue weighted by Crippen LogP contribution is -2.36. The van der Waals surface area contributed by atoms with Crippen molar-refractivity contribution < 1.29 is 14.3 Å². The minimum atomic E-state index is -0.542. The molecule has 1 aromatic carbocycles. The van der Waals surface area contributed by atoms with Crippen LogP contribution in [0.15, 0.2) is 42.2 Å². The number of anilines is 4. The molecule has 0 radical (unpaired) electrons. The van der Waals surface area contributed by atoms with Crippen LogP contribution in [-0.2, 0) is 9.53 Å². The summed E-state index contributed by atoms with van der Waals surface area (Å²) in [6.45, 7) is 3.27. The number of carbonyl (C=O) groups is 2. The minimum absolute atomic E-state index is 0.162. The fourth-order valence-corrected chi connectivity index (χ4v) is 4.05. The second kappa shape index (κ2) is 8.34. The highest BCUT2D eigenvalue weighted by atomic mass is 16.5. The van der Waals surface area contributed by atoms with Crippen LogP contribution in [0.3, 0.4) is 0 Å². The number of rotatable bonds is 6. The molecule has 1 saturated carbocycles. The van der Waals surface area contributed by atoms with E-state index in [9.17, 15) is 9.59 Å². The number of ether oxygens (including phenoxy) is 1. The third kappa shape index (κ3) is 4.13. The standard InChI is InChI=1S/C23H24N8O3/c32-22-18(27-23(33)29-22)11-14-13-24-31-20(26-16-1-2-16)12-19(28-21(14)31)25-15-3-5-17(6-4-15)30-7-9-34-10-8-30/h3-6,11-13,16,26H,1-2,7-10H2,(H,25,28)(H2,27,29,32,33)/b18-11-. The molecule has 2 aliphatic heterocycles. The van der Waals surface area contributed by atoms with E-state index in [1.165, 1.54) is 0 Å². The molecular weight excluding hydrogens is 436 g/mol. The second-order valence-electron chi connectivity index (χ2n) is 8.52. The first-order valence-corrected chi connectivity index (χ1v) is 11.3. The lowest BCUT2D eigenvalue weighted by atomic mass is 10.2. The van der Waals surface area contributed by atoms with Gasteiger partial charge in [-0.2, -0.15) is 9.61 Å². The van der Waals surface area contributed by atoms with Crippen molar-refractivity contribution in [2.24, 2.45) is 0 Å². The van der Waals surface area contributed by atoms with Crippen molar-refractivity contribution >= 4 is 46.7 Å². The van der Waals surface area contributed by atoms with Gasteiger partial charge in [0.25, 0.3) is 5.91 Å². The van der Waals surface area contributed by atoms with E-state index >= 15 is 0 Å². The maximum absolute atomic E-state index is 12.0. The lowest BCUT2D eigenvalue weighted by Gasteiger charge is -2.28. The number of aromatic nitrogens is 3. The predicted octanol–water partition coefficient (Wildman–Crippen LogP) is 2.06. The van der Waals surface area contributed by atoms with Crippen molar-refractivity contribution in [2.45, 2.75) is 18.9 Å². The Balaban J connectivity index is 1.31. The molecule has 6 rings (SSSR count). The fourth-order valence-electron chi connectivity index (χ4n) is 4.05. The van der Waals surface area contributed by atoms with Gasteiger partial charge in [0.2, 0.25) is 0 Å². The molecular formula is C23H24N8O3. The molecule has 0 bridgehead atoms. The molecule has 11 heteroatoms. The van der Waals surface area contributed by atoms with Gasteiger partial charge in [0.1, 0.15) is 17.3 Å². The van der Waals surface area contributed by atoms with Crippen LogP contribution < -0.4 is 26.2 Å². The number of amides is 3. The zero-order chi connectivity index (χ0) is 23.1. The summed E-state index contributed by atoms with van der Waals surface area (Å²) >= 11 is 0. The number of urea groups is 1. The first-order chi connectivity index (χ1) is 16.6. The number of benzene rings is 1. The Kier molecular flexibility index (Phi) is 5.02. The summed E-state index contributed by atoms with van der Waals surface area (Å²) in [5.41, 5.74) is 3.43. The van der Waals surface area contributed by atoms with E-state index in [-0.39, 0.29) is 5.70 Å². The molecule has 11 nitrogen and oxygen atoms in total. The van der Waals surface area contributed by atoms with Gasteiger partial charge in [-0.1, -0.05) is 0 Å². The average Bonchev–Trinajstić information content (AvgIpc) is 3.48. The number of nitrogens with one attached hydrogen (secondary N) is 4. The molecule has 3 fully saturated rings. The highest BCUT2D eigenvalue weighted by Crippen LogP contribution is 2.29. The van der Waals surface area contributed by atoms with Crippen molar-refractivity contribution in [1.29, 1.82) is 0 Å². The number of hydrogen-bond donors (Lipinski definition) is 4. The van der Waals surface area contributed by atoms with E-state index in [1.807, 2.05) is 18.2 Å². The van der Waals surface area contributed by atoms with E-state index in [0.29, 0.717) is 23.1 Å². The molecule has 3 aromatic rings. The normalized spacial score (nSPS) is 19.4. The predicted molar refractivity (Wildman–Crippen MR) is 127 cm³/mol. The van der Waals surface area contributed by atoms with Gasteiger partial charge in [-0.15, -0.1) is 0 Å². The Hall–Kier alpha value is -4.12. The number of nitrogens with zero attached hydrogens (tertiary/aromatic N) is 4. The molecule has 1 aliphatic carbocycles. The minimum Gasteiger partial charge on any atom is -0.378 e. The molecule has 2 aromatic heterocycles. The van der Waals surface area contributed by atoms with Gasteiger partial charge in [-0.25, -0.2) is 9.78 Å². The zero-order valence-corrected chi connectivity index (χ0v) is 18.4. The van der Waals surface area contributed by atoms with Crippen molar-refractivity contribution in [2.75, 3.05) is 41.8 Å². The molecule has 2 saturated heterocycles. The van der Waals surface area contributed by atoms with Gasteiger partial charge < -0.3 is 25.6 Å². The third-order valence-electron chi connectivity index (χ3n) is 5.96. The van der Waals surface area contributed by atoms with Gasteiger partial charge in [-0.05, 0) is 43.2 Å². The summed E-state index contributed by atoms with van der Waals surface area (Å²) in [4.78, 5) is 30.5. The molecule has 3 amide bonds. The lowest BCUT2D eigenvalue weighted by molar-refractivity contribution is -0.115. The highest BCUT2D eigenvalue weighted by Gasteiger charge is 2.25. The van der Waals surface area contributed by atoms with Crippen LogP contribution in [0.25, 0.3) is 11.7 Å². The molecule has 4 N–H and O–H groups in total. The van der Waals surface area contributed by atoms with Gasteiger partial charge in [0, 0.05) is 42.1 Å². The van der Waals surface area contributed by atoms with Crippen LogP contribution >= 0.6 is 0 Å². The van der Waals surface area contributed by atoms with Gasteiger partial charge in [0.15, 0.2) is 5.65 Å². The van der Waals surface area contributed by atoms with Crippen molar-refractivity contribution in [3.8, 4) is 0 Å². The van der Waals surface area contributed by atoms with Crippen LogP contribution in [0.4, 0.5) is 27.8 Å². The van der Waals surface area contributed by atoms with E-state index < -0.39 is 11.9 Å². The molecule has 0 spiro atoms. The highest BCUT2D eigenvalue weighted by molar-refractivity contribution is 6.14. The molecule has 0 unspecified atom stereocenters. The summed E-state index contributed by atoms with van der Waals surface area (Å²) < 4.78 is 7.15. The van der Waals surface area contributed by atoms with Crippen LogP contribution in [0.5, 0.6) is 0 Å². The molecule has 4 heterocycles. The number of carbonyl (C=O) groups excluding carboxylic acids is 2. The quantitative estimate of drug-likeness (QED) is 0.326. The second-order valence-corrected chi connectivity index (χ2v) is 8.52. The fraction of sp³-hybridized carbons (Fsp3) is 0.304. The largest absolute Gasteiger partial charge is 0.378 e. The Labute approximate surface area is 195 Å². The average molecular weight is 460 g/mol. The summed E-state index contributed by atoms with van der Waals surface area (Å²) in [5, 5.41) is 16.0. The summed E-state index contributed by atoms with van der Waals surface area (Å²) in [5.74, 6) is 0.981. The number of morpholine rings is 1. The molecule has 34 heavy (non-hydrogen) atoms. The third-order valence-corrected chi connectivity index (χ3v) is 5.96. The van der Waals surface area contributed by atoms with E-state index in [0.717, 1.165) is 56.3 Å². The van der Waals surface area contributed by atoms with E-state index in [1.54, 1.807) is 16.8 Å². The van der Waals surface area contributed by atoms with Crippen LogP contribution in [0.2, 0.25) is 0 Å². The smallest absolute Gasteiger partial charge is 0.326 e. The maximum Gasteiger partial charge on any atom is 0.326 e. The molecule has 0 atom stereocenters. The number of imide groups is 1. The zero-order valence-electron chi connectivity index (χ0n) is 18.4. The van der Waals surface area contributed by atoms with E-state index in [4.69, 9.17) is 9.72 Å². The van der Waals surface area contributed by atoms with Crippen LogP contribution in [-0.4, -0.2) is 58.9 Å². The SMILES string of the molecule is O=C1NC(=O)/C(=C/c2cnn3c(NC4CC4)cc(Nc4ccc(N5CCOCC5)cc4)nc23)N1. The Morgan fingerprint density at radius 1 is 1.09 bits per heavy atom. The summed E-state index contributed by atoms with van der Waals surface area (Å²) in [7, 11) is 0. The Morgan fingerprint density at radius 3 is 2.59 bits per heavy atom. The molecule has 174 valence electrons. The van der Waals surface area contributed by atoms with Crippen LogP contribution in [0.1, 0.15) is 18.4 Å². The monoisotopic (exact) mass is 460 g/mol. The Bertz CT molecular complexity index is 1290. The summed E-state index contributed by atoms with van der Waals surface area (Å²) in [6, 6.07) is 10.0. The van der Waals surface area contributed by atoms with Gasteiger partial charge >= 0.3 is 6.03 Å². The Morgan fingerprint density at radius 2 is 1.88 bits per heavy atom.